The second-order valence-corrected chi connectivity index (χ2v) is 13.3. The first-order valence-corrected chi connectivity index (χ1v) is 17.3. The van der Waals surface area contributed by atoms with Gasteiger partial charge in [-0.3, -0.25) is 0 Å². The molecule has 50 heavy (non-hydrogen) atoms. The van der Waals surface area contributed by atoms with Crippen LogP contribution in [-0.2, 0) is 0 Å². The van der Waals surface area contributed by atoms with Crippen LogP contribution >= 0.6 is 0 Å². The Kier molecular flexibility index (Phi) is 7.43. The molecular weight excluding hydrogens is 609 g/mol. The highest BCUT2D eigenvalue weighted by Gasteiger charge is 2.36. The summed E-state index contributed by atoms with van der Waals surface area (Å²) in [6.07, 6.45) is 7.21. The third kappa shape index (κ3) is 5.12. The molecule has 0 bridgehead atoms. The lowest BCUT2D eigenvalue weighted by Gasteiger charge is -2.43. The Labute approximate surface area is 293 Å². The summed E-state index contributed by atoms with van der Waals surface area (Å²) in [5.41, 5.74) is 10.5. The van der Waals surface area contributed by atoms with E-state index in [1.165, 1.54) is 28.0 Å². The molecule has 0 fully saturated rings. The van der Waals surface area contributed by atoms with Gasteiger partial charge in [0, 0.05) is 40.9 Å². The van der Waals surface area contributed by atoms with Gasteiger partial charge in [0.05, 0.1) is 6.04 Å². The number of allylic oxidation sites excluding steroid dienone is 3. The number of anilines is 1. The smallest absolute Gasteiger partial charge is 0.165 e. The normalized spacial score (nSPS) is 18.0. The van der Waals surface area contributed by atoms with Crippen LogP contribution in [0, 0.1) is 11.8 Å². The van der Waals surface area contributed by atoms with Gasteiger partial charge in [-0.25, -0.2) is 15.0 Å². The van der Waals surface area contributed by atoms with Crippen LogP contribution in [0.3, 0.4) is 0 Å². The molecule has 4 heteroatoms. The fraction of sp³-hybridized carbons (Fsp3) is 0.109. The largest absolute Gasteiger partial charge is 0.366 e. The molecule has 3 unspecified atom stereocenters. The van der Waals surface area contributed by atoms with E-state index < -0.39 is 0 Å². The molecule has 9 rings (SSSR count). The quantitative estimate of drug-likeness (QED) is 0.187. The zero-order valence-electron chi connectivity index (χ0n) is 28.1. The van der Waals surface area contributed by atoms with Crippen molar-refractivity contribution < 1.29 is 0 Å². The standard InChI is InChI=1S/C46H36N4/c1-30-29-34(26-27-35(30)43-40-23-12-11-21-38(40)39-22-13-14-24-41(39)50(43)2)37-28-25-31-15-9-10-20-36(31)42(37)46-48-44(32-16-5-3-6-17-32)47-45(49-46)33-18-7-4-8-19-33/h3-30,35,43H,1-2H3. The van der Waals surface area contributed by atoms with Crippen molar-refractivity contribution >= 4 is 22.0 Å². The molecule has 240 valence electrons. The summed E-state index contributed by atoms with van der Waals surface area (Å²) in [7, 11) is 2.25. The Morgan fingerprint density at radius 1 is 0.540 bits per heavy atom. The van der Waals surface area contributed by atoms with E-state index in [0.717, 1.165) is 33.0 Å². The minimum atomic E-state index is 0.214. The highest BCUT2D eigenvalue weighted by Crippen LogP contribution is 2.50. The van der Waals surface area contributed by atoms with Crippen molar-refractivity contribution in [3.63, 3.8) is 0 Å². The third-order valence-corrected chi connectivity index (χ3v) is 10.3. The zero-order chi connectivity index (χ0) is 33.6. The number of hydrogen-bond acceptors (Lipinski definition) is 4. The Bertz CT molecular complexity index is 2370. The van der Waals surface area contributed by atoms with Gasteiger partial charge in [0.25, 0.3) is 0 Å². The topological polar surface area (TPSA) is 41.9 Å². The molecule has 2 aliphatic rings. The average Bonchev–Trinajstić information content (AvgIpc) is 3.18. The first kappa shape index (κ1) is 30.0. The highest BCUT2D eigenvalue weighted by molar-refractivity contribution is 6.02. The van der Waals surface area contributed by atoms with Crippen LogP contribution in [0.2, 0.25) is 0 Å². The average molecular weight is 645 g/mol. The summed E-state index contributed by atoms with van der Waals surface area (Å²) in [5, 5.41) is 2.27. The molecule has 1 aliphatic carbocycles. The summed E-state index contributed by atoms with van der Waals surface area (Å²) in [5.74, 6) is 2.56. The van der Waals surface area contributed by atoms with Gasteiger partial charge in [0.1, 0.15) is 0 Å². The Hall–Kier alpha value is -6.13. The summed E-state index contributed by atoms with van der Waals surface area (Å²) in [4.78, 5) is 17.8. The molecule has 0 spiro atoms. The van der Waals surface area contributed by atoms with Gasteiger partial charge in [-0.1, -0.05) is 165 Å². The van der Waals surface area contributed by atoms with E-state index in [0.29, 0.717) is 17.5 Å². The van der Waals surface area contributed by atoms with Crippen LogP contribution in [0.5, 0.6) is 0 Å². The van der Waals surface area contributed by atoms with Gasteiger partial charge in [0.2, 0.25) is 0 Å². The maximum Gasteiger partial charge on any atom is 0.165 e. The summed E-state index contributed by atoms with van der Waals surface area (Å²) < 4.78 is 0. The van der Waals surface area contributed by atoms with Crippen molar-refractivity contribution in [2.24, 2.45) is 11.8 Å². The molecule has 1 aromatic heterocycles. The van der Waals surface area contributed by atoms with Crippen LogP contribution in [-0.4, -0.2) is 22.0 Å². The lowest BCUT2D eigenvalue weighted by atomic mass is 9.74. The third-order valence-electron chi connectivity index (χ3n) is 10.3. The van der Waals surface area contributed by atoms with E-state index in [1.54, 1.807) is 0 Å². The number of hydrogen-bond donors (Lipinski definition) is 0. The highest BCUT2D eigenvalue weighted by atomic mass is 15.1. The van der Waals surface area contributed by atoms with Gasteiger partial charge in [-0.2, -0.15) is 0 Å². The Morgan fingerprint density at radius 2 is 1.14 bits per heavy atom. The van der Waals surface area contributed by atoms with Crippen LogP contribution in [0.15, 0.2) is 164 Å². The predicted octanol–water partition coefficient (Wildman–Crippen LogP) is 11.1. The molecule has 7 aromatic rings. The van der Waals surface area contributed by atoms with Crippen molar-refractivity contribution in [2.45, 2.75) is 13.0 Å². The molecule has 2 heterocycles. The first-order chi connectivity index (χ1) is 24.6. The SMILES string of the molecule is CC1C=C(c2ccc3ccccc3c2-c2nc(-c3ccccc3)nc(-c3ccccc3)n2)C=CC1C1c2ccccc2-c2ccccc2N1C. The molecule has 3 atom stereocenters. The molecule has 0 saturated heterocycles. The number of rotatable bonds is 5. The maximum atomic E-state index is 5.19. The second-order valence-electron chi connectivity index (χ2n) is 13.3. The van der Waals surface area contributed by atoms with Crippen LogP contribution in [0.25, 0.3) is 61.6 Å². The molecule has 4 nitrogen and oxygen atoms in total. The molecule has 0 N–H and O–H groups in total. The van der Waals surface area contributed by atoms with Crippen molar-refractivity contribution in [1.82, 2.24) is 15.0 Å². The fourth-order valence-electron chi connectivity index (χ4n) is 7.92. The monoisotopic (exact) mass is 644 g/mol. The Morgan fingerprint density at radius 3 is 1.86 bits per heavy atom. The molecule has 0 saturated carbocycles. The second kappa shape index (κ2) is 12.4. The maximum absolute atomic E-state index is 5.19. The number of aromatic nitrogens is 3. The molecular formula is C46H36N4. The van der Waals surface area contributed by atoms with Crippen molar-refractivity contribution in [3.8, 4) is 45.3 Å². The van der Waals surface area contributed by atoms with E-state index in [2.05, 4.69) is 146 Å². The first-order valence-electron chi connectivity index (χ1n) is 17.3. The lowest BCUT2D eigenvalue weighted by molar-refractivity contribution is 0.410. The van der Waals surface area contributed by atoms with E-state index in [9.17, 15) is 0 Å². The van der Waals surface area contributed by atoms with Crippen molar-refractivity contribution in [1.29, 1.82) is 0 Å². The minimum absolute atomic E-state index is 0.214. The molecule has 6 aromatic carbocycles. The number of benzene rings is 6. The van der Waals surface area contributed by atoms with Crippen LogP contribution < -0.4 is 4.90 Å². The Balaban J connectivity index is 1.18. The summed E-state index contributed by atoms with van der Waals surface area (Å²) >= 11 is 0. The van der Waals surface area contributed by atoms with Gasteiger partial charge in [-0.05, 0) is 45.0 Å². The van der Waals surface area contributed by atoms with Gasteiger partial charge < -0.3 is 4.90 Å². The van der Waals surface area contributed by atoms with Crippen molar-refractivity contribution in [2.75, 3.05) is 11.9 Å². The summed E-state index contributed by atoms with van der Waals surface area (Å²) in [6.45, 7) is 2.36. The van der Waals surface area contributed by atoms with Crippen LogP contribution in [0.4, 0.5) is 5.69 Å². The van der Waals surface area contributed by atoms with Gasteiger partial charge in [0.15, 0.2) is 17.5 Å². The zero-order valence-corrected chi connectivity index (χ0v) is 28.1. The molecule has 1 aliphatic heterocycles. The lowest BCUT2D eigenvalue weighted by Crippen LogP contribution is -2.36. The van der Waals surface area contributed by atoms with Gasteiger partial charge >= 0.3 is 0 Å². The van der Waals surface area contributed by atoms with E-state index >= 15 is 0 Å². The fourth-order valence-corrected chi connectivity index (χ4v) is 7.92. The number of nitrogens with zero attached hydrogens (tertiary/aromatic N) is 4. The van der Waals surface area contributed by atoms with Crippen molar-refractivity contribution in [3.05, 3.63) is 175 Å². The summed E-state index contributed by atoms with van der Waals surface area (Å²) in [6, 6.07) is 51.3. The molecule has 0 radical (unpaired) electrons. The molecule has 0 amide bonds. The predicted molar refractivity (Wildman–Crippen MR) is 206 cm³/mol. The van der Waals surface area contributed by atoms with E-state index in [1.807, 2.05) is 36.4 Å². The number of para-hydroxylation sites is 1. The van der Waals surface area contributed by atoms with Crippen LogP contribution in [0.1, 0.15) is 24.1 Å². The minimum Gasteiger partial charge on any atom is -0.366 e. The number of fused-ring (bicyclic) bond motifs is 4. The van der Waals surface area contributed by atoms with E-state index in [-0.39, 0.29) is 17.9 Å². The van der Waals surface area contributed by atoms with E-state index in [4.69, 9.17) is 15.0 Å². The van der Waals surface area contributed by atoms with Gasteiger partial charge in [-0.15, -0.1) is 0 Å².